The quantitative estimate of drug-likeness (QED) is 0.766. The van der Waals surface area contributed by atoms with Crippen LogP contribution in [0.4, 0.5) is 0 Å². The van der Waals surface area contributed by atoms with E-state index in [1.807, 2.05) is 13.8 Å². The third-order valence-corrected chi connectivity index (χ3v) is 6.34. The van der Waals surface area contributed by atoms with Gasteiger partial charge in [0.1, 0.15) is 5.60 Å². The molecule has 0 aromatic carbocycles. The zero-order chi connectivity index (χ0) is 16.2. The van der Waals surface area contributed by atoms with E-state index in [1.54, 1.807) is 0 Å². The Morgan fingerprint density at radius 3 is 2.18 bits per heavy atom. The summed E-state index contributed by atoms with van der Waals surface area (Å²) in [5, 5.41) is 21.5. The summed E-state index contributed by atoms with van der Waals surface area (Å²) in [6, 6.07) is 0. The van der Waals surface area contributed by atoms with Crippen LogP contribution in [-0.2, 0) is 9.53 Å². The lowest BCUT2D eigenvalue weighted by molar-refractivity contribution is -0.264. The highest BCUT2D eigenvalue weighted by Gasteiger charge is 2.64. The normalized spacial score (nSPS) is 45.6. The fourth-order valence-electron chi connectivity index (χ4n) is 5.66. The largest absolute Gasteiger partial charge is 0.458 e. The first-order valence-corrected chi connectivity index (χ1v) is 8.84. The van der Waals surface area contributed by atoms with E-state index in [-0.39, 0.29) is 11.9 Å². The van der Waals surface area contributed by atoms with Crippen LogP contribution in [0.1, 0.15) is 78.6 Å². The molecule has 0 heterocycles. The van der Waals surface area contributed by atoms with Crippen molar-refractivity contribution in [3.8, 4) is 0 Å². The highest BCUT2D eigenvalue weighted by molar-refractivity contribution is 5.76. The van der Waals surface area contributed by atoms with Crippen LogP contribution in [0.3, 0.4) is 0 Å². The minimum absolute atomic E-state index is 0.147. The molecule has 126 valence electrons. The predicted octanol–water partition coefficient (Wildman–Crippen LogP) is 2.94. The van der Waals surface area contributed by atoms with Gasteiger partial charge in [0.05, 0.1) is 16.6 Å². The van der Waals surface area contributed by atoms with Gasteiger partial charge in [-0.3, -0.25) is 4.79 Å². The van der Waals surface area contributed by atoms with Crippen LogP contribution < -0.4 is 0 Å². The molecule has 4 heteroatoms. The summed E-state index contributed by atoms with van der Waals surface area (Å²) in [5.74, 6) is 0.129. The van der Waals surface area contributed by atoms with Crippen molar-refractivity contribution in [1.29, 1.82) is 0 Å². The van der Waals surface area contributed by atoms with E-state index in [2.05, 4.69) is 6.92 Å². The summed E-state index contributed by atoms with van der Waals surface area (Å²) in [6.45, 7) is 6.08. The van der Waals surface area contributed by atoms with Gasteiger partial charge in [-0.25, -0.2) is 0 Å². The van der Waals surface area contributed by atoms with Crippen LogP contribution in [0.15, 0.2) is 0 Å². The van der Waals surface area contributed by atoms with Crippen molar-refractivity contribution in [2.75, 3.05) is 0 Å². The molecule has 3 unspecified atom stereocenters. The summed E-state index contributed by atoms with van der Waals surface area (Å²) < 4.78 is 6.03. The van der Waals surface area contributed by atoms with Gasteiger partial charge < -0.3 is 14.9 Å². The Morgan fingerprint density at radius 1 is 1.14 bits per heavy atom. The number of rotatable bonds is 5. The highest BCUT2D eigenvalue weighted by atomic mass is 16.6. The Balaban J connectivity index is 1.81. The lowest BCUT2D eigenvalue weighted by atomic mass is 9.50. The summed E-state index contributed by atoms with van der Waals surface area (Å²) in [4.78, 5) is 12.8. The summed E-state index contributed by atoms with van der Waals surface area (Å²) in [6.07, 6.45) is 6.24. The maximum absolute atomic E-state index is 12.8. The van der Waals surface area contributed by atoms with Crippen molar-refractivity contribution in [2.45, 2.75) is 95.4 Å². The molecular weight excluding hydrogens is 280 g/mol. The first-order chi connectivity index (χ1) is 10.2. The van der Waals surface area contributed by atoms with Crippen LogP contribution in [0, 0.1) is 11.3 Å². The summed E-state index contributed by atoms with van der Waals surface area (Å²) in [5.41, 5.74) is -2.79. The maximum Gasteiger partial charge on any atom is 0.312 e. The van der Waals surface area contributed by atoms with Crippen molar-refractivity contribution in [2.24, 2.45) is 11.3 Å². The van der Waals surface area contributed by atoms with Crippen LogP contribution in [0.2, 0.25) is 0 Å². The molecule has 2 N–H and O–H groups in total. The summed E-state index contributed by atoms with van der Waals surface area (Å²) >= 11 is 0. The molecule has 0 amide bonds. The molecule has 4 aliphatic carbocycles. The number of hydrogen-bond donors (Lipinski definition) is 2. The number of hydrogen-bond acceptors (Lipinski definition) is 4. The monoisotopic (exact) mass is 310 g/mol. The highest BCUT2D eigenvalue weighted by Crippen LogP contribution is 2.60. The maximum atomic E-state index is 12.8. The first-order valence-electron chi connectivity index (χ1n) is 8.84. The lowest BCUT2D eigenvalue weighted by Gasteiger charge is -2.62. The topological polar surface area (TPSA) is 66.8 Å². The second-order valence-electron chi connectivity index (χ2n) is 8.69. The van der Waals surface area contributed by atoms with E-state index in [0.29, 0.717) is 19.3 Å². The van der Waals surface area contributed by atoms with Crippen LogP contribution in [0.5, 0.6) is 0 Å². The number of esters is 1. The van der Waals surface area contributed by atoms with Crippen molar-refractivity contribution in [3.05, 3.63) is 0 Å². The van der Waals surface area contributed by atoms with E-state index in [0.717, 1.165) is 38.5 Å². The fraction of sp³-hybridized carbons (Fsp3) is 0.944. The minimum atomic E-state index is -0.845. The van der Waals surface area contributed by atoms with E-state index in [4.69, 9.17) is 4.74 Å². The molecule has 22 heavy (non-hydrogen) atoms. The Kier molecular flexibility index (Phi) is 3.65. The standard InChI is InChI=1S/C18H30O4/c1-4-6-15(3,5-2)14(19)22-18-9-13-7-16(20,11-18)10-17(21,8-13)12-18/h13,20-21H,4-12H2,1-3H3. The molecule has 0 aromatic rings. The number of ether oxygens (including phenoxy) is 1. The van der Waals surface area contributed by atoms with Gasteiger partial charge in [-0.05, 0) is 44.9 Å². The zero-order valence-electron chi connectivity index (χ0n) is 14.2. The van der Waals surface area contributed by atoms with Crippen molar-refractivity contribution >= 4 is 5.97 Å². The van der Waals surface area contributed by atoms with E-state index < -0.39 is 22.2 Å². The van der Waals surface area contributed by atoms with Crippen LogP contribution in [-0.4, -0.2) is 33.0 Å². The molecule has 4 aliphatic rings. The lowest BCUT2D eigenvalue weighted by Crippen LogP contribution is -2.67. The molecule has 3 atom stereocenters. The summed E-state index contributed by atoms with van der Waals surface area (Å²) in [7, 11) is 0. The average Bonchev–Trinajstić information content (AvgIpc) is 2.33. The van der Waals surface area contributed by atoms with E-state index >= 15 is 0 Å². The van der Waals surface area contributed by atoms with Gasteiger partial charge in [-0.15, -0.1) is 0 Å². The molecule has 4 rings (SSSR count). The molecule has 0 spiro atoms. The van der Waals surface area contributed by atoms with Gasteiger partial charge in [0.2, 0.25) is 0 Å². The van der Waals surface area contributed by atoms with Crippen molar-refractivity contribution < 1.29 is 19.7 Å². The van der Waals surface area contributed by atoms with Crippen LogP contribution >= 0.6 is 0 Å². The molecule has 0 saturated heterocycles. The van der Waals surface area contributed by atoms with Gasteiger partial charge in [0, 0.05) is 19.3 Å². The molecule has 4 nitrogen and oxygen atoms in total. The molecule has 4 bridgehead atoms. The Morgan fingerprint density at radius 2 is 1.73 bits per heavy atom. The third kappa shape index (κ3) is 2.58. The SMILES string of the molecule is CCCC(C)(CC)C(=O)OC12CC3CC(O)(CC(O)(C3)C1)C2. The molecule has 4 fully saturated rings. The van der Waals surface area contributed by atoms with Crippen LogP contribution in [0.25, 0.3) is 0 Å². The van der Waals surface area contributed by atoms with Gasteiger partial charge in [-0.2, -0.15) is 0 Å². The van der Waals surface area contributed by atoms with E-state index in [9.17, 15) is 15.0 Å². The minimum Gasteiger partial charge on any atom is -0.458 e. The number of carbonyl (C=O) groups excluding carboxylic acids is 1. The number of carbonyl (C=O) groups is 1. The second-order valence-corrected chi connectivity index (χ2v) is 8.69. The first kappa shape index (κ1) is 16.3. The average molecular weight is 310 g/mol. The molecule has 0 radical (unpaired) electrons. The fourth-order valence-corrected chi connectivity index (χ4v) is 5.66. The van der Waals surface area contributed by atoms with E-state index in [1.165, 1.54) is 0 Å². The second kappa shape index (κ2) is 4.94. The third-order valence-electron chi connectivity index (χ3n) is 6.34. The molecular formula is C18H30O4. The van der Waals surface area contributed by atoms with Crippen molar-refractivity contribution in [3.63, 3.8) is 0 Å². The molecule has 4 saturated carbocycles. The number of aliphatic hydroxyl groups is 2. The predicted molar refractivity (Wildman–Crippen MR) is 83.2 cm³/mol. The van der Waals surface area contributed by atoms with Crippen molar-refractivity contribution in [1.82, 2.24) is 0 Å². The van der Waals surface area contributed by atoms with Gasteiger partial charge in [0.25, 0.3) is 0 Å². The zero-order valence-corrected chi connectivity index (χ0v) is 14.2. The molecule has 0 aliphatic heterocycles. The Labute approximate surface area is 133 Å². The van der Waals surface area contributed by atoms with Gasteiger partial charge >= 0.3 is 5.97 Å². The Hall–Kier alpha value is -0.610. The molecule has 0 aromatic heterocycles. The van der Waals surface area contributed by atoms with Gasteiger partial charge in [0.15, 0.2) is 0 Å². The smallest absolute Gasteiger partial charge is 0.312 e. The Bertz CT molecular complexity index is 456. The van der Waals surface area contributed by atoms with Gasteiger partial charge in [-0.1, -0.05) is 20.3 Å².